The van der Waals surface area contributed by atoms with Crippen LogP contribution >= 0.6 is 0 Å². The number of hydrogen-bond donors (Lipinski definition) is 2. The van der Waals surface area contributed by atoms with Gasteiger partial charge in [-0.15, -0.1) is 0 Å². The molecule has 2 aromatic heterocycles. The number of carbonyl (C=O) groups excluding carboxylic acids is 1. The van der Waals surface area contributed by atoms with Crippen LogP contribution in [-0.4, -0.2) is 22.0 Å². The summed E-state index contributed by atoms with van der Waals surface area (Å²) in [6.45, 7) is 10.0. The summed E-state index contributed by atoms with van der Waals surface area (Å²) in [7, 11) is 0. The molecule has 0 aliphatic heterocycles. The maximum atomic E-state index is 12.5. The zero-order valence-electron chi connectivity index (χ0n) is 14.9. The molecule has 0 aliphatic carbocycles. The van der Waals surface area contributed by atoms with Crippen LogP contribution in [0.5, 0.6) is 0 Å². The van der Waals surface area contributed by atoms with Gasteiger partial charge in [0.05, 0.1) is 13.1 Å². The fourth-order valence-electron chi connectivity index (χ4n) is 2.59. The molecule has 2 amide bonds. The minimum atomic E-state index is -0.224. The molecule has 130 valence electrons. The fraction of sp³-hybridized carbons (Fsp3) is 0.444. The Morgan fingerprint density at radius 2 is 2.00 bits per heavy atom. The van der Waals surface area contributed by atoms with Crippen LogP contribution in [0.25, 0.3) is 0 Å². The molecule has 0 unspecified atom stereocenters. The number of H-pyrrole nitrogens is 1. The summed E-state index contributed by atoms with van der Waals surface area (Å²) in [4.78, 5) is 29.0. The monoisotopic (exact) mass is 331 g/mol. The summed E-state index contributed by atoms with van der Waals surface area (Å²) in [6, 6.07) is 5.42. The van der Waals surface area contributed by atoms with Crippen LogP contribution in [0.3, 0.4) is 0 Å². The Labute approximate surface area is 141 Å². The lowest BCUT2D eigenvalue weighted by Crippen LogP contribution is -2.43. The summed E-state index contributed by atoms with van der Waals surface area (Å²) in [6.07, 6.45) is 0. The van der Waals surface area contributed by atoms with E-state index in [-0.39, 0.29) is 24.2 Å². The van der Waals surface area contributed by atoms with Gasteiger partial charge >= 0.3 is 6.03 Å². The number of pyridine rings is 1. The van der Waals surface area contributed by atoms with Crippen molar-refractivity contribution >= 4 is 6.03 Å². The van der Waals surface area contributed by atoms with E-state index in [1.807, 2.05) is 52.8 Å². The number of carbonyl (C=O) groups is 1. The minimum absolute atomic E-state index is 0.00723. The first-order valence-corrected chi connectivity index (χ1v) is 8.07. The van der Waals surface area contributed by atoms with E-state index in [9.17, 15) is 9.59 Å². The summed E-state index contributed by atoms with van der Waals surface area (Å²) >= 11 is 0. The first kappa shape index (κ1) is 17.8. The van der Waals surface area contributed by atoms with E-state index in [0.717, 1.165) is 22.8 Å². The molecule has 0 spiro atoms. The maximum absolute atomic E-state index is 12.5. The fourth-order valence-corrected chi connectivity index (χ4v) is 2.59. The van der Waals surface area contributed by atoms with Crippen LogP contribution < -0.4 is 10.9 Å². The Hall–Kier alpha value is -2.50. The average Bonchev–Trinajstić information content (AvgIpc) is 2.88. The molecule has 2 N–H and O–H groups in total. The number of nitrogens with one attached hydrogen (secondary N) is 2. The van der Waals surface area contributed by atoms with E-state index in [4.69, 9.17) is 4.42 Å². The molecule has 0 aliphatic rings. The molecule has 0 bridgehead atoms. The second kappa shape index (κ2) is 7.38. The predicted octanol–water partition coefficient (Wildman–Crippen LogP) is 3.01. The number of urea groups is 1. The van der Waals surface area contributed by atoms with Crippen molar-refractivity contribution in [2.24, 2.45) is 0 Å². The number of furan rings is 1. The largest absolute Gasteiger partial charge is 0.464 e. The molecule has 6 nitrogen and oxygen atoms in total. The van der Waals surface area contributed by atoms with Crippen molar-refractivity contribution in [3.8, 4) is 0 Å². The highest BCUT2D eigenvalue weighted by Gasteiger charge is 2.19. The Bertz CT molecular complexity index is 774. The first-order valence-electron chi connectivity index (χ1n) is 8.07. The van der Waals surface area contributed by atoms with Crippen LogP contribution in [0.2, 0.25) is 0 Å². The van der Waals surface area contributed by atoms with E-state index in [1.54, 1.807) is 4.90 Å². The molecule has 0 aromatic carbocycles. The number of rotatable bonds is 5. The molecular weight excluding hydrogens is 306 g/mol. The number of aromatic amines is 1. The number of aromatic nitrogens is 1. The van der Waals surface area contributed by atoms with Crippen molar-refractivity contribution in [3.63, 3.8) is 0 Å². The van der Waals surface area contributed by atoms with Gasteiger partial charge in [0.25, 0.3) is 5.56 Å². The predicted molar refractivity (Wildman–Crippen MR) is 92.9 cm³/mol. The van der Waals surface area contributed by atoms with E-state index in [0.29, 0.717) is 12.1 Å². The van der Waals surface area contributed by atoms with Gasteiger partial charge < -0.3 is 19.6 Å². The minimum Gasteiger partial charge on any atom is -0.464 e. The number of amides is 2. The molecule has 0 atom stereocenters. The van der Waals surface area contributed by atoms with Crippen molar-refractivity contribution in [1.82, 2.24) is 15.2 Å². The third-order valence-corrected chi connectivity index (χ3v) is 3.92. The SMILES string of the molecule is Cc1cc(C)c(CNC(=O)N(Cc2ccc(C)o2)C(C)C)c(=O)[nH]1. The topological polar surface area (TPSA) is 78.3 Å². The Morgan fingerprint density at radius 3 is 2.54 bits per heavy atom. The highest BCUT2D eigenvalue weighted by Crippen LogP contribution is 2.12. The average molecular weight is 331 g/mol. The van der Waals surface area contributed by atoms with Crippen molar-refractivity contribution < 1.29 is 9.21 Å². The molecule has 0 saturated carbocycles. The summed E-state index contributed by atoms with van der Waals surface area (Å²) in [5.74, 6) is 1.55. The number of aryl methyl sites for hydroxylation is 3. The molecule has 0 saturated heterocycles. The Morgan fingerprint density at radius 1 is 1.29 bits per heavy atom. The van der Waals surface area contributed by atoms with Gasteiger partial charge in [-0.2, -0.15) is 0 Å². The van der Waals surface area contributed by atoms with Gasteiger partial charge in [-0.05, 0) is 58.4 Å². The second-order valence-corrected chi connectivity index (χ2v) is 6.34. The van der Waals surface area contributed by atoms with Crippen LogP contribution in [0.1, 0.15) is 42.2 Å². The van der Waals surface area contributed by atoms with Gasteiger partial charge in [0.15, 0.2) is 0 Å². The Kier molecular flexibility index (Phi) is 5.49. The summed E-state index contributed by atoms with van der Waals surface area (Å²) < 4.78 is 5.55. The third-order valence-electron chi connectivity index (χ3n) is 3.92. The first-order chi connectivity index (χ1) is 11.3. The lowest BCUT2D eigenvalue weighted by molar-refractivity contribution is 0.173. The summed E-state index contributed by atoms with van der Waals surface area (Å²) in [5, 5.41) is 2.83. The van der Waals surface area contributed by atoms with Crippen molar-refractivity contribution in [3.05, 3.63) is 56.9 Å². The van der Waals surface area contributed by atoms with E-state index >= 15 is 0 Å². The standard InChI is InChI=1S/C18H25N3O3/c1-11(2)21(10-15-7-6-14(5)24-15)18(23)19-9-16-12(3)8-13(4)20-17(16)22/h6-8,11H,9-10H2,1-5H3,(H,19,23)(H,20,22). The second-order valence-electron chi connectivity index (χ2n) is 6.34. The van der Waals surface area contributed by atoms with Crippen molar-refractivity contribution in [1.29, 1.82) is 0 Å². The zero-order chi connectivity index (χ0) is 17.9. The third kappa shape index (κ3) is 4.28. The van der Waals surface area contributed by atoms with Gasteiger partial charge in [0.1, 0.15) is 11.5 Å². The van der Waals surface area contributed by atoms with Crippen LogP contribution in [-0.2, 0) is 13.1 Å². The molecule has 2 rings (SSSR count). The molecule has 0 radical (unpaired) electrons. The number of hydrogen-bond acceptors (Lipinski definition) is 3. The summed E-state index contributed by atoms with van der Waals surface area (Å²) in [5.41, 5.74) is 2.09. The van der Waals surface area contributed by atoms with Gasteiger partial charge in [0, 0.05) is 17.3 Å². The van der Waals surface area contributed by atoms with Gasteiger partial charge in [-0.1, -0.05) is 0 Å². The van der Waals surface area contributed by atoms with Crippen LogP contribution in [0, 0.1) is 20.8 Å². The molecule has 6 heteroatoms. The highest BCUT2D eigenvalue weighted by atomic mass is 16.3. The molecule has 24 heavy (non-hydrogen) atoms. The number of nitrogens with zero attached hydrogens (tertiary/aromatic N) is 1. The highest BCUT2D eigenvalue weighted by molar-refractivity contribution is 5.74. The lowest BCUT2D eigenvalue weighted by Gasteiger charge is -2.26. The normalized spacial score (nSPS) is 10.9. The molecule has 2 aromatic rings. The van der Waals surface area contributed by atoms with Crippen molar-refractivity contribution in [2.45, 2.75) is 53.8 Å². The molecular formula is C18H25N3O3. The van der Waals surface area contributed by atoms with Crippen LogP contribution in [0.15, 0.2) is 27.4 Å². The van der Waals surface area contributed by atoms with Gasteiger partial charge in [-0.25, -0.2) is 4.79 Å². The smallest absolute Gasteiger partial charge is 0.318 e. The lowest BCUT2D eigenvalue weighted by atomic mass is 10.1. The van der Waals surface area contributed by atoms with E-state index in [1.165, 1.54) is 0 Å². The zero-order valence-corrected chi connectivity index (χ0v) is 14.9. The maximum Gasteiger partial charge on any atom is 0.318 e. The van der Waals surface area contributed by atoms with Crippen molar-refractivity contribution in [2.75, 3.05) is 0 Å². The van der Waals surface area contributed by atoms with E-state index in [2.05, 4.69) is 10.3 Å². The van der Waals surface area contributed by atoms with Gasteiger partial charge in [0.2, 0.25) is 0 Å². The van der Waals surface area contributed by atoms with E-state index < -0.39 is 0 Å². The molecule has 0 fully saturated rings. The molecule has 2 heterocycles. The quantitative estimate of drug-likeness (QED) is 0.884. The van der Waals surface area contributed by atoms with Crippen LogP contribution in [0.4, 0.5) is 4.79 Å². The Balaban J connectivity index is 2.07. The van der Waals surface area contributed by atoms with Gasteiger partial charge in [-0.3, -0.25) is 4.79 Å².